The highest BCUT2D eigenvalue weighted by molar-refractivity contribution is 7.92. The Balaban J connectivity index is 1.67. The molecule has 5 rings (SSSR count). The van der Waals surface area contributed by atoms with Crippen LogP contribution in [0.3, 0.4) is 0 Å². The van der Waals surface area contributed by atoms with E-state index in [1.54, 1.807) is 66.6 Å². The van der Waals surface area contributed by atoms with E-state index in [0.717, 1.165) is 17.2 Å². The number of benzene rings is 2. The summed E-state index contributed by atoms with van der Waals surface area (Å²) in [6, 6.07) is 13.9. The summed E-state index contributed by atoms with van der Waals surface area (Å²) in [5.74, 6) is -0.0454. The molecule has 4 aromatic rings. The van der Waals surface area contributed by atoms with Gasteiger partial charge in [0.2, 0.25) is 0 Å². The van der Waals surface area contributed by atoms with Crippen molar-refractivity contribution in [1.29, 1.82) is 0 Å². The molecule has 2 aromatic heterocycles. The van der Waals surface area contributed by atoms with Crippen LogP contribution >= 0.6 is 0 Å². The molecule has 0 bridgehead atoms. The molecule has 1 aliphatic rings. The van der Waals surface area contributed by atoms with Crippen LogP contribution in [0, 0.1) is 0 Å². The van der Waals surface area contributed by atoms with Crippen molar-refractivity contribution in [3.8, 4) is 11.1 Å². The van der Waals surface area contributed by atoms with E-state index >= 15 is 0 Å². The fraction of sp³-hybridized carbons (Fsp3) is 0.259. The van der Waals surface area contributed by atoms with Gasteiger partial charge in [-0.1, -0.05) is 45.0 Å². The van der Waals surface area contributed by atoms with Gasteiger partial charge in [-0.2, -0.15) is 18.3 Å². The number of rotatable bonds is 3. The zero-order valence-electron chi connectivity index (χ0n) is 21.2. The Bertz CT molecular complexity index is 1620. The highest BCUT2D eigenvalue weighted by atomic mass is 32.2. The predicted octanol–water partition coefficient (Wildman–Crippen LogP) is 6.25. The summed E-state index contributed by atoms with van der Waals surface area (Å²) in [6.07, 6.45) is -1.19. The highest BCUT2D eigenvalue weighted by Gasteiger charge is 2.35. The first-order chi connectivity index (χ1) is 17.7. The molecule has 1 aliphatic heterocycles. The van der Waals surface area contributed by atoms with Crippen molar-refractivity contribution in [2.75, 3.05) is 9.62 Å². The number of hydrogen-bond donors (Lipinski definition) is 1. The van der Waals surface area contributed by atoms with E-state index in [-0.39, 0.29) is 28.4 Å². The molecule has 38 heavy (non-hydrogen) atoms. The first-order valence-corrected chi connectivity index (χ1v) is 13.3. The Hall–Kier alpha value is -3.86. The zero-order chi connectivity index (χ0) is 27.5. The summed E-state index contributed by atoms with van der Waals surface area (Å²) in [4.78, 5) is 3.86. The summed E-state index contributed by atoms with van der Waals surface area (Å²) < 4.78 is 71.1. The maximum atomic E-state index is 14.0. The summed E-state index contributed by atoms with van der Waals surface area (Å²) >= 11 is 0. The van der Waals surface area contributed by atoms with Crippen molar-refractivity contribution in [3.63, 3.8) is 0 Å². The van der Waals surface area contributed by atoms with E-state index < -0.39 is 21.9 Å². The SMILES string of the molecule is Cn1cc(-c2ccc3c(c2)N(S(=O)(=O)c2ccc(C(C)(C)C)cc2)Cc2ccc(C(F)(F)F)nc2N3)cn1. The Morgan fingerprint density at radius 1 is 0.947 bits per heavy atom. The van der Waals surface area contributed by atoms with Crippen LogP contribution < -0.4 is 9.62 Å². The van der Waals surface area contributed by atoms with Gasteiger partial charge in [-0.25, -0.2) is 13.4 Å². The van der Waals surface area contributed by atoms with E-state index in [4.69, 9.17) is 0 Å². The molecule has 0 saturated carbocycles. The van der Waals surface area contributed by atoms with E-state index in [2.05, 4.69) is 15.4 Å². The molecule has 198 valence electrons. The first kappa shape index (κ1) is 25.8. The third-order valence-corrected chi connectivity index (χ3v) is 8.22. The van der Waals surface area contributed by atoms with Gasteiger partial charge in [0, 0.05) is 24.4 Å². The molecule has 0 unspecified atom stereocenters. The molecule has 3 heterocycles. The normalized spacial score (nSPS) is 13.9. The van der Waals surface area contributed by atoms with Gasteiger partial charge in [0.15, 0.2) is 0 Å². The lowest BCUT2D eigenvalue weighted by Crippen LogP contribution is -2.30. The third kappa shape index (κ3) is 4.73. The Morgan fingerprint density at radius 2 is 1.66 bits per heavy atom. The molecule has 0 aliphatic carbocycles. The van der Waals surface area contributed by atoms with Crippen LogP contribution in [0.1, 0.15) is 37.6 Å². The Kier molecular flexibility index (Phi) is 6.01. The molecule has 1 N–H and O–H groups in total. The highest BCUT2D eigenvalue weighted by Crippen LogP contribution is 2.41. The van der Waals surface area contributed by atoms with Crippen LogP contribution in [-0.4, -0.2) is 23.2 Å². The second kappa shape index (κ2) is 8.87. The minimum Gasteiger partial charge on any atom is -0.338 e. The predicted molar refractivity (Wildman–Crippen MR) is 140 cm³/mol. The van der Waals surface area contributed by atoms with Gasteiger partial charge < -0.3 is 5.32 Å². The van der Waals surface area contributed by atoms with Gasteiger partial charge in [0.1, 0.15) is 11.5 Å². The summed E-state index contributed by atoms with van der Waals surface area (Å²) in [5, 5.41) is 7.13. The van der Waals surface area contributed by atoms with Crippen molar-refractivity contribution in [1.82, 2.24) is 14.8 Å². The number of anilines is 3. The second-order valence-electron chi connectivity index (χ2n) is 10.2. The number of sulfonamides is 1. The van der Waals surface area contributed by atoms with Gasteiger partial charge in [0.05, 0.1) is 29.0 Å². The smallest absolute Gasteiger partial charge is 0.338 e. The van der Waals surface area contributed by atoms with Crippen molar-refractivity contribution in [3.05, 3.63) is 83.8 Å². The maximum Gasteiger partial charge on any atom is 0.433 e. The lowest BCUT2D eigenvalue weighted by atomic mass is 9.87. The van der Waals surface area contributed by atoms with Crippen LogP contribution in [0.5, 0.6) is 0 Å². The molecular weight excluding hydrogens is 515 g/mol. The average molecular weight is 542 g/mol. The van der Waals surface area contributed by atoms with Gasteiger partial charge in [-0.3, -0.25) is 8.99 Å². The quantitative estimate of drug-likeness (QED) is 0.332. The largest absolute Gasteiger partial charge is 0.433 e. The molecule has 0 atom stereocenters. The fourth-order valence-corrected chi connectivity index (χ4v) is 5.76. The fourth-order valence-electron chi connectivity index (χ4n) is 4.31. The lowest BCUT2D eigenvalue weighted by Gasteiger charge is -2.26. The molecule has 0 saturated heterocycles. The van der Waals surface area contributed by atoms with Crippen LogP contribution in [0.15, 0.2) is 71.9 Å². The monoisotopic (exact) mass is 541 g/mol. The van der Waals surface area contributed by atoms with Crippen molar-refractivity contribution in [2.45, 2.75) is 43.8 Å². The number of fused-ring (bicyclic) bond motifs is 2. The Labute approximate surface area is 219 Å². The van der Waals surface area contributed by atoms with Crippen molar-refractivity contribution >= 4 is 27.2 Å². The van der Waals surface area contributed by atoms with E-state index in [9.17, 15) is 21.6 Å². The Morgan fingerprint density at radius 3 is 2.26 bits per heavy atom. The molecule has 11 heteroatoms. The van der Waals surface area contributed by atoms with Gasteiger partial charge in [0.25, 0.3) is 10.0 Å². The van der Waals surface area contributed by atoms with Crippen LogP contribution in [0.2, 0.25) is 0 Å². The van der Waals surface area contributed by atoms with Crippen LogP contribution in [0.4, 0.5) is 30.4 Å². The van der Waals surface area contributed by atoms with Crippen molar-refractivity contribution < 1.29 is 21.6 Å². The first-order valence-electron chi connectivity index (χ1n) is 11.8. The van der Waals surface area contributed by atoms with Gasteiger partial charge in [-0.05, 0) is 46.9 Å². The summed E-state index contributed by atoms with van der Waals surface area (Å²) in [7, 11) is -2.34. The molecular formula is C27H26F3N5O2S. The van der Waals surface area contributed by atoms with E-state index in [1.165, 1.54) is 10.4 Å². The molecule has 0 amide bonds. The molecule has 2 aromatic carbocycles. The van der Waals surface area contributed by atoms with Crippen LogP contribution in [0.25, 0.3) is 11.1 Å². The molecule has 7 nitrogen and oxygen atoms in total. The lowest BCUT2D eigenvalue weighted by molar-refractivity contribution is -0.141. The summed E-state index contributed by atoms with van der Waals surface area (Å²) in [5.41, 5.74) is 2.14. The number of nitrogens with zero attached hydrogens (tertiary/aromatic N) is 4. The second-order valence-corrected chi connectivity index (χ2v) is 12.1. The third-order valence-electron chi connectivity index (χ3n) is 6.45. The standard InChI is InChI=1S/C27H26F3N5O2S/c1-26(2,3)20-7-9-21(10-8-20)38(36,37)35-16-18-6-12-24(27(28,29)30)33-25(18)32-22-11-5-17(13-23(22)35)19-14-31-34(4)15-19/h5-15H,16H2,1-4H3,(H,32,33). The number of aryl methyl sites for hydroxylation is 1. The van der Waals surface area contributed by atoms with Crippen molar-refractivity contribution in [2.24, 2.45) is 7.05 Å². The van der Waals surface area contributed by atoms with E-state index in [1.807, 2.05) is 20.8 Å². The maximum absolute atomic E-state index is 14.0. The number of alkyl halides is 3. The number of nitrogens with one attached hydrogen (secondary N) is 1. The minimum atomic E-state index is -4.64. The van der Waals surface area contributed by atoms with Gasteiger partial charge >= 0.3 is 6.18 Å². The summed E-state index contributed by atoms with van der Waals surface area (Å²) in [6.45, 7) is 5.89. The minimum absolute atomic E-state index is 0.0454. The number of aromatic nitrogens is 3. The topological polar surface area (TPSA) is 80.1 Å². The van der Waals surface area contributed by atoms with Gasteiger partial charge in [-0.15, -0.1) is 0 Å². The number of hydrogen-bond acceptors (Lipinski definition) is 5. The zero-order valence-corrected chi connectivity index (χ0v) is 22.0. The molecule has 0 radical (unpaired) electrons. The number of pyridine rings is 1. The average Bonchev–Trinajstić information content (AvgIpc) is 3.20. The van der Waals surface area contributed by atoms with E-state index in [0.29, 0.717) is 16.8 Å². The molecule has 0 fully saturated rings. The van der Waals surface area contributed by atoms with Crippen LogP contribution in [-0.2, 0) is 35.2 Å². The number of halogens is 3. The molecule has 0 spiro atoms.